The average molecular weight is 248 g/mol. The van der Waals surface area contributed by atoms with Gasteiger partial charge in [-0.25, -0.2) is 0 Å². The molecule has 1 nitrogen and oxygen atoms in total. The third-order valence-electron chi connectivity index (χ3n) is 2.46. The highest BCUT2D eigenvalue weighted by atomic mass is 79.9. The van der Waals surface area contributed by atoms with Gasteiger partial charge >= 0.3 is 0 Å². The van der Waals surface area contributed by atoms with Gasteiger partial charge in [0.25, 0.3) is 0 Å². The smallest absolute Gasteiger partial charge is 0.0268 e. The van der Waals surface area contributed by atoms with Crippen molar-refractivity contribution in [3.8, 4) is 0 Å². The third-order valence-corrected chi connectivity index (χ3v) is 2.74. The number of rotatable bonds is 7. The van der Waals surface area contributed by atoms with Crippen molar-refractivity contribution in [2.24, 2.45) is 5.92 Å². The van der Waals surface area contributed by atoms with Crippen LogP contribution in [-0.4, -0.2) is 12.6 Å². The summed E-state index contributed by atoms with van der Waals surface area (Å²) in [6, 6.07) is 0.643. The van der Waals surface area contributed by atoms with E-state index in [2.05, 4.69) is 48.6 Å². The highest BCUT2D eigenvalue weighted by molar-refractivity contribution is 9.11. The maximum absolute atomic E-state index is 3.81. The van der Waals surface area contributed by atoms with Gasteiger partial charge in [-0.2, -0.15) is 0 Å². The van der Waals surface area contributed by atoms with Gasteiger partial charge in [-0.3, -0.25) is 0 Å². The fraction of sp³-hybridized carbons (Fsp3) is 0.818. The minimum absolute atomic E-state index is 0.643. The van der Waals surface area contributed by atoms with E-state index in [1.807, 2.05) is 0 Å². The van der Waals surface area contributed by atoms with Crippen LogP contribution in [0, 0.1) is 5.92 Å². The van der Waals surface area contributed by atoms with Gasteiger partial charge in [0.2, 0.25) is 0 Å². The summed E-state index contributed by atoms with van der Waals surface area (Å²) in [5, 5.41) is 3.49. The van der Waals surface area contributed by atoms with E-state index in [9.17, 15) is 0 Å². The highest BCUT2D eigenvalue weighted by Gasteiger charge is 2.09. The molecular weight excluding hydrogens is 226 g/mol. The highest BCUT2D eigenvalue weighted by Crippen LogP contribution is 2.12. The first-order valence-corrected chi connectivity index (χ1v) is 5.96. The molecule has 0 fully saturated rings. The van der Waals surface area contributed by atoms with Crippen LogP contribution in [0.3, 0.4) is 0 Å². The largest absolute Gasteiger partial charge is 0.309 e. The van der Waals surface area contributed by atoms with Crippen molar-refractivity contribution in [3.05, 3.63) is 11.1 Å². The average Bonchev–Trinajstić information content (AvgIpc) is 2.11. The number of hydrogen-bond acceptors (Lipinski definition) is 1. The maximum atomic E-state index is 3.81. The van der Waals surface area contributed by atoms with Crippen molar-refractivity contribution in [3.63, 3.8) is 0 Å². The van der Waals surface area contributed by atoms with E-state index in [-0.39, 0.29) is 0 Å². The Kier molecular flexibility index (Phi) is 7.68. The molecule has 2 unspecified atom stereocenters. The van der Waals surface area contributed by atoms with Gasteiger partial charge < -0.3 is 5.32 Å². The monoisotopic (exact) mass is 247 g/mol. The van der Waals surface area contributed by atoms with Crippen LogP contribution in [0.1, 0.15) is 40.0 Å². The minimum Gasteiger partial charge on any atom is -0.309 e. The number of halogens is 1. The molecule has 13 heavy (non-hydrogen) atoms. The van der Waals surface area contributed by atoms with Gasteiger partial charge in [-0.1, -0.05) is 49.7 Å². The van der Waals surface area contributed by atoms with Crippen LogP contribution in [0.4, 0.5) is 0 Å². The first-order valence-electron chi connectivity index (χ1n) is 5.16. The van der Waals surface area contributed by atoms with E-state index in [0.29, 0.717) is 6.04 Å². The van der Waals surface area contributed by atoms with E-state index < -0.39 is 0 Å². The summed E-state index contributed by atoms with van der Waals surface area (Å²) >= 11 is 3.36. The number of hydrogen-bond donors (Lipinski definition) is 1. The Hall–Kier alpha value is 0.180. The lowest BCUT2D eigenvalue weighted by Crippen LogP contribution is -2.30. The van der Waals surface area contributed by atoms with E-state index in [4.69, 9.17) is 0 Å². The fourth-order valence-corrected chi connectivity index (χ4v) is 1.46. The normalized spacial score (nSPS) is 15.4. The quantitative estimate of drug-likeness (QED) is 0.724. The van der Waals surface area contributed by atoms with Crippen molar-refractivity contribution in [2.75, 3.05) is 6.54 Å². The van der Waals surface area contributed by atoms with Gasteiger partial charge in [-0.05, 0) is 18.8 Å². The molecule has 0 aromatic heterocycles. The molecule has 2 heteroatoms. The molecular formula is C11H22BrN. The molecule has 0 spiro atoms. The van der Waals surface area contributed by atoms with Crippen LogP contribution in [-0.2, 0) is 0 Å². The standard InChI is InChI=1S/C11H22BrN/c1-5-9(3)7-11(6-2)13-8-10(4)12/h9,11,13H,4-8H2,1-3H3. The lowest BCUT2D eigenvalue weighted by Gasteiger charge is -2.20. The van der Waals surface area contributed by atoms with Crippen molar-refractivity contribution in [1.29, 1.82) is 0 Å². The van der Waals surface area contributed by atoms with Crippen molar-refractivity contribution in [2.45, 2.75) is 46.1 Å². The number of nitrogens with one attached hydrogen (secondary N) is 1. The molecule has 0 aliphatic carbocycles. The summed E-state index contributed by atoms with van der Waals surface area (Å²) in [5.74, 6) is 0.820. The molecule has 0 heterocycles. The molecule has 0 rings (SSSR count). The van der Waals surface area contributed by atoms with Gasteiger partial charge in [0, 0.05) is 17.1 Å². The summed E-state index contributed by atoms with van der Waals surface area (Å²) in [6.45, 7) is 11.5. The van der Waals surface area contributed by atoms with Crippen molar-refractivity contribution < 1.29 is 0 Å². The van der Waals surface area contributed by atoms with E-state index >= 15 is 0 Å². The zero-order valence-corrected chi connectivity index (χ0v) is 10.7. The topological polar surface area (TPSA) is 12.0 Å². The van der Waals surface area contributed by atoms with E-state index in [1.165, 1.54) is 19.3 Å². The Bertz CT molecular complexity index is 145. The predicted octanol–water partition coefficient (Wildman–Crippen LogP) is 3.70. The second-order valence-corrected chi connectivity index (χ2v) is 4.87. The van der Waals surface area contributed by atoms with E-state index in [0.717, 1.165) is 16.9 Å². The Morgan fingerprint density at radius 2 is 2.00 bits per heavy atom. The minimum atomic E-state index is 0.643. The molecule has 0 radical (unpaired) electrons. The fourth-order valence-electron chi connectivity index (χ4n) is 1.30. The Balaban J connectivity index is 3.68. The molecule has 0 bridgehead atoms. The van der Waals surface area contributed by atoms with Crippen LogP contribution >= 0.6 is 15.9 Å². The van der Waals surface area contributed by atoms with Crippen LogP contribution in [0.2, 0.25) is 0 Å². The predicted molar refractivity (Wildman–Crippen MR) is 64.2 cm³/mol. The SMILES string of the molecule is C=C(Br)CNC(CC)CC(C)CC. The van der Waals surface area contributed by atoms with Crippen molar-refractivity contribution in [1.82, 2.24) is 5.32 Å². The molecule has 0 aliphatic heterocycles. The van der Waals surface area contributed by atoms with E-state index in [1.54, 1.807) is 0 Å². The Morgan fingerprint density at radius 1 is 1.38 bits per heavy atom. The van der Waals surface area contributed by atoms with Gasteiger partial charge in [-0.15, -0.1) is 0 Å². The van der Waals surface area contributed by atoms with Gasteiger partial charge in [0.1, 0.15) is 0 Å². The summed E-state index contributed by atoms with van der Waals surface area (Å²) in [6.07, 6.45) is 3.74. The zero-order chi connectivity index (χ0) is 10.3. The third kappa shape index (κ3) is 7.27. The first-order chi connectivity index (χ1) is 6.10. The van der Waals surface area contributed by atoms with Crippen LogP contribution < -0.4 is 5.32 Å². The van der Waals surface area contributed by atoms with Crippen LogP contribution in [0.5, 0.6) is 0 Å². The Labute approximate surface area is 91.1 Å². The lowest BCUT2D eigenvalue weighted by atomic mass is 9.98. The Morgan fingerprint density at radius 3 is 2.38 bits per heavy atom. The molecule has 0 amide bonds. The summed E-state index contributed by atoms with van der Waals surface area (Å²) < 4.78 is 1.04. The molecule has 1 N–H and O–H groups in total. The first kappa shape index (κ1) is 13.2. The van der Waals surface area contributed by atoms with Gasteiger partial charge in [0.05, 0.1) is 0 Å². The van der Waals surface area contributed by atoms with Crippen molar-refractivity contribution >= 4 is 15.9 Å². The van der Waals surface area contributed by atoms with Crippen LogP contribution in [0.15, 0.2) is 11.1 Å². The molecule has 0 aromatic carbocycles. The zero-order valence-electron chi connectivity index (χ0n) is 9.07. The summed E-state index contributed by atoms with van der Waals surface area (Å²) in [7, 11) is 0. The molecule has 0 saturated heterocycles. The summed E-state index contributed by atoms with van der Waals surface area (Å²) in [4.78, 5) is 0. The summed E-state index contributed by atoms with van der Waals surface area (Å²) in [5.41, 5.74) is 0. The molecule has 2 atom stereocenters. The molecule has 0 saturated carbocycles. The molecule has 78 valence electrons. The second-order valence-electron chi connectivity index (χ2n) is 3.75. The van der Waals surface area contributed by atoms with Crippen LogP contribution in [0.25, 0.3) is 0 Å². The lowest BCUT2D eigenvalue weighted by molar-refractivity contribution is 0.395. The second kappa shape index (κ2) is 7.57. The maximum Gasteiger partial charge on any atom is 0.0268 e. The molecule has 0 aromatic rings. The van der Waals surface area contributed by atoms with Gasteiger partial charge in [0.15, 0.2) is 0 Å². The molecule has 0 aliphatic rings.